The summed E-state index contributed by atoms with van der Waals surface area (Å²) in [5, 5.41) is 9.41. The van der Waals surface area contributed by atoms with Crippen molar-refractivity contribution in [3.63, 3.8) is 0 Å². The molecular formula is C56H36N2O. The third-order valence-corrected chi connectivity index (χ3v) is 11.9. The summed E-state index contributed by atoms with van der Waals surface area (Å²) in [6, 6.07) is 78.5. The van der Waals surface area contributed by atoms with Gasteiger partial charge in [0.15, 0.2) is 5.58 Å². The Bertz CT molecular complexity index is 3540. The fourth-order valence-corrected chi connectivity index (χ4v) is 9.30. The molecule has 3 heteroatoms. The van der Waals surface area contributed by atoms with Crippen molar-refractivity contribution in [2.45, 2.75) is 0 Å². The zero-order valence-electron chi connectivity index (χ0n) is 32.1. The highest BCUT2D eigenvalue weighted by Crippen LogP contribution is 2.47. The quantitative estimate of drug-likeness (QED) is 0.169. The molecule has 0 aliphatic carbocycles. The van der Waals surface area contributed by atoms with Gasteiger partial charge in [0.1, 0.15) is 5.58 Å². The Morgan fingerprint density at radius 3 is 1.85 bits per heavy atom. The van der Waals surface area contributed by atoms with E-state index in [4.69, 9.17) is 4.42 Å². The first kappa shape index (κ1) is 33.3. The lowest BCUT2D eigenvalue weighted by molar-refractivity contribution is 0.669. The Hall–Kier alpha value is -7.88. The van der Waals surface area contributed by atoms with Crippen LogP contribution in [-0.4, -0.2) is 4.57 Å². The van der Waals surface area contributed by atoms with E-state index in [1.54, 1.807) is 0 Å². The number of hydrogen-bond acceptors (Lipinski definition) is 2. The van der Waals surface area contributed by atoms with E-state index in [0.717, 1.165) is 55.8 Å². The summed E-state index contributed by atoms with van der Waals surface area (Å²) in [6.45, 7) is 0. The monoisotopic (exact) mass is 752 g/mol. The van der Waals surface area contributed by atoms with Crippen molar-refractivity contribution >= 4 is 82.4 Å². The molecule has 0 fully saturated rings. The van der Waals surface area contributed by atoms with Gasteiger partial charge in [0.05, 0.1) is 16.7 Å². The fourth-order valence-electron chi connectivity index (χ4n) is 9.30. The van der Waals surface area contributed by atoms with E-state index >= 15 is 0 Å². The number of fused-ring (bicyclic) bond motifs is 9. The summed E-state index contributed by atoms with van der Waals surface area (Å²) in [7, 11) is 0. The number of anilines is 3. The van der Waals surface area contributed by atoms with Crippen LogP contribution >= 0.6 is 0 Å². The van der Waals surface area contributed by atoms with E-state index in [9.17, 15) is 0 Å². The zero-order valence-corrected chi connectivity index (χ0v) is 32.1. The lowest BCUT2D eigenvalue weighted by Crippen LogP contribution is -2.10. The largest absolute Gasteiger partial charge is 0.454 e. The lowest BCUT2D eigenvalue weighted by Gasteiger charge is -2.26. The summed E-state index contributed by atoms with van der Waals surface area (Å²) in [6.07, 6.45) is 0. The molecule has 0 unspecified atom stereocenters. The van der Waals surface area contributed by atoms with Gasteiger partial charge in [-0.1, -0.05) is 164 Å². The van der Waals surface area contributed by atoms with Crippen molar-refractivity contribution in [2.24, 2.45) is 0 Å². The summed E-state index contributed by atoms with van der Waals surface area (Å²) in [4.78, 5) is 2.34. The first-order valence-electron chi connectivity index (χ1n) is 20.2. The van der Waals surface area contributed by atoms with Gasteiger partial charge in [-0.15, -0.1) is 0 Å². The van der Waals surface area contributed by atoms with E-state index in [1.165, 1.54) is 54.5 Å². The number of benzene rings is 10. The standard InChI is InChI=1S/C56H36N2O/c1-3-15-37(16-4-1)39-29-32-42(33-30-39)57(43-34-31-38-17-7-8-18-40(38)35-43)52-28-14-26-49-54-46-23-10-9-21-44(46)50(36-53(54)59-56(49)52)48-25-13-24-47-45-22-11-12-27-51(45)58(55(47)48)41-19-5-2-6-20-41/h1-36H. The van der Waals surface area contributed by atoms with Gasteiger partial charge in [0, 0.05) is 44.2 Å². The normalized spacial score (nSPS) is 11.7. The summed E-state index contributed by atoms with van der Waals surface area (Å²) < 4.78 is 9.61. The Morgan fingerprint density at radius 2 is 1.02 bits per heavy atom. The fraction of sp³-hybridized carbons (Fsp3) is 0. The molecule has 0 aliphatic rings. The number of aromatic nitrogens is 1. The number of furan rings is 1. The second-order valence-corrected chi connectivity index (χ2v) is 15.3. The van der Waals surface area contributed by atoms with Crippen LogP contribution in [0.5, 0.6) is 0 Å². The first-order valence-corrected chi connectivity index (χ1v) is 20.2. The van der Waals surface area contributed by atoms with Crippen LogP contribution in [0.2, 0.25) is 0 Å². The molecule has 0 radical (unpaired) electrons. The maximum absolute atomic E-state index is 7.20. The highest BCUT2D eigenvalue weighted by molar-refractivity contribution is 6.25. The van der Waals surface area contributed by atoms with Gasteiger partial charge >= 0.3 is 0 Å². The van der Waals surface area contributed by atoms with E-state index in [2.05, 4.69) is 228 Å². The van der Waals surface area contributed by atoms with Gasteiger partial charge < -0.3 is 13.9 Å². The first-order chi connectivity index (χ1) is 29.3. The number of hydrogen-bond donors (Lipinski definition) is 0. The smallest absolute Gasteiger partial charge is 0.159 e. The molecule has 2 aromatic heterocycles. The molecule has 2 heterocycles. The van der Waals surface area contributed by atoms with Crippen molar-refractivity contribution < 1.29 is 4.42 Å². The lowest BCUT2D eigenvalue weighted by atomic mass is 9.93. The Labute approximate surface area is 341 Å². The topological polar surface area (TPSA) is 21.3 Å². The molecule has 0 amide bonds. The molecule has 12 rings (SSSR count). The predicted molar refractivity (Wildman–Crippen MR) is 249 cm³/mol. The zero-order chi connectivity index (χ0) is 38.9. The molecule has 0 aliphatic heterocycles. The summed E-state index contributed by atoms with van der Waals surface area (Å²) >= 11 is 0. The minimum atomic E-state index is 0.849. The number of para-hydroxylation sites is 4. The molecule has 276 valence electrons. The third kappa shape index (κ3) is 5.29. The molecule has 0 N–H and O–H groups in total. The van der Waals surface area contributed by atoms with E-state index < -0.39 is 0 Å². The van der Waals surface area contributed by atoms with Crippen molar-refractivity contribution in [2.75, 3.05) is 4.90 Å². The van der Waals surface area contributed by atoms with Gasteiger partial charge in [-0.2, -0.15) is 0 Å². The Balaban J connectivity index is 1.11. The van der Waals surface area contributed by atoms with Gasteiger partial charge in [-0.3, -0.25) is 0 Å². The third-order valence-electron chi connectivity index (χ3n) is 11.9. The highest BCUT2D eigenvalue weighted by Gasteiger charge is 2.23. The molecule has 0 atom stereocenters. The minimum Gasteiger partial charge on any atom is -0.454 e. The van der Waals surface area contributed by atoms with Gasteiger partial charge in [-0.25, -0.2) is 0 Å². The summed E-state index contributed by atoms with van der Waals surface area (Å²) in [5.41, 5.74) is 13.0. The Kier molecular flexibility index (Phi) is 7.54. The van der Waals surface area contributed by atoms with Gasteiger partial charge in [0.2, 0.25) is 0 Å². The minimum absolute atomic E-state index is 0.849. The van der Waals surface area contributed by atoms with E-state index in [1.807, 2.05) is 0 Å². The van der Waals surface area contributed by atoms with Crippen LogP contribution in [0.3, 0.4) is 0 Å². The molecule has 0 saturated carbocycles. The molecule has 3 nitrogen and oxygen atoms in total. The molecule has 12 aromatic rings. The average molecular weight is 753 g/mol. The average Bonchev–Trinajstić information content (AvgIpc) is 3.86. The van der Waals surface area contributed by atoms with Crippen LogP contribution in [0, 0.1) is 0 Å². The Morgan fingerprint density at radius 1 is 0.390 bits per heavy atom. The van der Waals surface area contributed by atoms with Crippen LogP contribution in [0.25, 0.3) is 93.2 Å². The van der Waals surface area contributed by atoms with Crippen LogP contribution in [-0.2, 0) is 0 Å². The van der Waals surface area contributed by atoms with Gasteiger partial charge in [0.25, 0.3) is 0 Å². The highest BCUT2D eigenvalue weighted by atomic mass is 16.3. The van der Waals surface area contributed by atoms with Crippen LogP contribution in [0.4, 0.5) is 17.1 Å². The molecule has 0 spiro atoms. The number of nitrogens with zero attached hydrogens (tertiary/aromatic N) is 2. The second-order valence-electron chi connectivity index (χ2n) is 15.3. The molecule has 10 aromatic carbocycles. The van der Waals surface area contributed by atoms with E-state index in [0.29, 0.717) is 0 Å². The summed E-state index contributed by atoms with van der Waals surface area (Å²) in [5.74, 6) is 0. The molecular weight excluding hydrogens is 717 g/mol. The number of rotatable bonds is 6. The molecule has 59 heavy (non-hydrogen) atoms. The van der Waals surface area contributed by atoms with E-state index in [-0.39, 0.29) is 0 Å². The van der Waals surface area contributed by atoms with Crippen LogP contribution in [0.15, 0.2) is 223 Å². The molecule has 0 bridgehead atoms. The van der Waals surface area contributed by atoms with Crippen molar-refractivity contribution in [3.8, 4) is 27.9 Å². The SMILES string of the molecule is c1ccc(-c2ccc(N(c3ccc4ccccc4c3)c3cccc4c3oc3cc(-c5cccc6c7ccccc7n(-c7ccccc7)c56)c5ccccc5c34)cc2)cc1. The maximum atomic E-state index is 7.20. The van der Waals surface area contributed by atoms with Gasteiger partial charge in [-0.05, 0) is 92.8 Å². The maximum Gasteiger partial charge on any atom is 0.159 e. The molecule has 0 saturated heterocycles. The van der Waals surface area contributed by atoms with Crippen LogP contribution in [0.1, 0.15) is 0 Å². The predicted octanol–water partition coefficient (Wildman–Crippen LogP) is 15.8. The van der Waals surface area contributed by atoms with Crippen LogP contribution < -0.4 is 4.90 Å². The van der Waals surface area contributed by atoms with Crippen molar-refractivity contribution in [1.82, 2.24) is 4.57 Å². The van der Waals surface area contributed by atoms with Crippen molar-refractivity contribution in [1.29, 1.82) is 0 Å². The van der Waals surface area contributed by atoms with Crippen molar-refractivity contribution in [3.05, 3.63) is 218 Å². The second kappa shape index (κ2) is 13.4.